The Hall–Kier alpha value is -1.49. The van der Waals surface area contributed by atoms with Crippen LogP contribution in [0, 0.1) is 0 Å². The SMILES string of the molecule is CC.CCc1nc2c(c(C(N)=O)n1)C1CCC(C2)O1. The summed E-state index contributed by atoms with van der Waals surface area (Å²) in [5.74, 6) is 0.214. The van der Waals surface area contributed by atoms with Gasteiger partial charge in [0.05, 0.1) is 17.9 Å². The molecule has 2 atom stereocenters. The minimum absolute atomic E-state index is 0.0304. The van der Waals surface area contributed by atoms with Gasteiger partial charge in [0, 0.05) is 18.4 Å². The van der Waals surface area contributed by atoms with Crippen LogP contribution in [-0.2, 0) is 17.6 Å². The number of carbonyl (C=O) groups is 1. The number of rotatable bonds is 2. The van der Waals surface area contributed by atoms with Gasteiger partial charge in [0.2, 0.25) is 0 Å². The zero-order chi connectivity index (χ0) is 14.0. The summed E-state index contributed by atoms with van der Waals surface area (Å²) >= 11 is 0. The minimum Gasteiger partial charge on any atom is -0.370 e. The number of hydrogen-bond acceptors (Lipinski definition) is 4. The van der Waals surface area contributed by atoms with Gasteiger partial charge in [-0.1, -0.05) is 20.8 Å². The smallest absolute Gasteiger partial charge is 0.267 e. The predicted molar refractivity (Wildman–Crippen MR) is 71.8 cm³/mol. The van der Waals surface area contributed by atoms with E-state index in [1.807, 2.05) is 20.8 Å². The number of hydrogen-bond donors (Lipinski definition) is 1. The summed E-state index contributed by atoms with van der Waals surface area (Å²) < 4.78 is 5.80. The molecule has 2 aliphatic rings. The van der Waals surface area contributed by atoms with Gasteiger partial charge in [-0.15, -0.1) is 0 Å². The van der Waals surface area contributed by atoms with Crippen LogP contribution in [0.5, 0.6) is 0 Å². The lowest BCUT2D eigenvalue weighted by Gasteiger charge is -2.24. The average Bonchev–Trinajstić information content (AvgIpc) is 2.81. The number of aromatic nitrogens is 2. The minimum atomic E-state index is -0.479. The molecule has 5 heteroatoms. The zero-order valence-electron chi connectivity index (χ0n) is 11.8. The normalized spacial score (nSPS) is 23.3. The summed E-state index contributed by atoms with van der Waals surface area (Å²) in [5, 5.41) is 0. The molecule has 104 valence electrons. The molecule has 19 heavy (non-hydrogen) atoms. The summed E-state index contributed by atoms with van der Waals surface area (Å²) in [7, 11) is 0. The van der Waals surface area contributed by atoms with Gasteiger partial charge in [0.25, 0.3) is 5.91 Å². The predicted octanol–water partition coefficient (Wildman–Crippen LogP) is 1.94. The van der Waals surface area contributed by atoms with Crippen molar-refractivity contribution in [2.75, 3.05) is 0 Å². The maximum Gasteiger partial charge on any atom is 0.267 e. The second-order valence-electron chi connectivity index (χ2n) is 4.59. The van der Waals surface area contributed by atoms with E-state index in [0.29, 0.717) is 17.9 Å². The fraction of sp³-hybridized carbons (Fsp3) is 0.643. The van der Waals surface area contributed by atoms with Gasteiger partial charge in [-0.2, -0.15) is 0 Å². The van der Waals surface area contributed by atoms with Gasteiger partial charge >= 0.3 is 0 Å². The molecule has 3 heterocycles. The lowest BCUT2D eigenvalue weighted by molar-refractivity contribution is 0.0298. The van der Waals surface area contributed by atoms with Gasteiger partial charge in [0.1, 0.15) is 11.5 Å². The van der Waals surface area contributed by atoms with Crippen LogP contribution in [0.2, 0.25) is 0 Å². The fourth-order valence-electron chi connectivity index (χ4n) is 2.69. The molecule has 0 spiro atoms. The third-order valence-electron chi connectivity index (χ3n) is 3.47. The molecule has 0 aliphatic carbocycles. The van der Waals surface area contributed by atoms with Crippen molar-refractivity contribution in [3.05, 3.63) is 22.8 Å². The number of carbonyl (C=O) groups excluding carboxylic acids is 1. The first-order chi connectivity index (χ1) is 9.19. The van der Waals surface area contributed by atoms with Crippen LogP contribution in [0.3, 0.4) is 0 Å². The number of fused-ring (bicyclic) bond motifs is 4. The maximum absolute atomic E-state index is 11.5. The van der Waals surface area contributed by atoms with Crippen molar-refractivity contribution in [1.82, 2.24) is 9.97 Å². The quantitative estimate of drug-likeness (QED) is 0.884. The molecule has 2 bridgehead atoms. The van der Waals surface area contributed by atoms with Crippen LogP contribution in [0.4, 0.5) is 0 Å². The standard InChI is InChI=1S/C12H15N3O2.C2H6/c1-2-9-14-7-5-6-3-4-8(17-6)10(7)11(15-9)12(13)16;1-2/h6,8H,2-5H2,1H3,(H2,13,16);1-2H3. The van der Waals surface area contributed by atoms with Gasteiger partial charge in [-0.3, -0.25) is 4.79 Å². The Kier molecular flexibility index (Phi) is 4.14. The first kappa shape index (κ1) is 13.9. The number of nitrogens with two attached hydrogens (primary N) is 1. The number of ether oxygens (including phenoxy) is 1. The molecule has 2 N–H and O–H groups in total. The number of nitrogens with zero attached hydrogens (tertiary/aromatic N) is 2. The van der Waals surface area contributed by atoms with Gasteiger partial charge in [-0.25, -0.2) is 9.97 Å². The highest BCUT2D eigenvalue weighted by molar-refractivity contribution is 5.92. The van der Waals surface area contributed by atoms with Crippen molar-refractivity contribution in [2.45, 2.75) is 58.7 Å². The third kappa shape index (κ3) is 2.47. The van der Waals surface area contributed by atoms with Crippen LogP contribution in [-0.4, -0.2) is 22.0 Å². The lowest BCUT2D eigenvalue weighted by Crippen LogP contribution is -2.26. The van der Waals surface area contributed by atoms with E-state index < -0.39 is 5.91 Å². The number of amides is 1. The van der Waals surface area contributed by atoms with Gasteiger partial charge in [-0.05, 0) is 12.8 Å². The van der Waals surface area contributed by atoms with Crippen molar-refractivity contribution in [1.29, 1.82) is 0 Å². The van der Waals surface area contributed by atoms with E-state index >= 15 is 0 Å². The summed E-state index contributed by atoms with van der Waals surface area (Å²) in [6, 6.07) is 0. The molecule has 0 aromatic carbocycles. The molecule has 2 unspecified atom stereocenters. The van der Waals surface area contributed by atoms with Gasteiger partial charge < -0.3 is 10.5 Å². The Bertz CT molecular complexity index is 488. The first-order valence-corrected chi connectivity index (χ1v) is 7.04. The second kappa shape index (κ2) is 5.65. The fourth-order valence-corrected chi connectivity index (χ4v) is 2.69. The summed E-state index contributed by atoms with van der Waals surface area (Å²) in [6.45, 7) is 5.97. The highest BCUT2D eigenvalue weighted by Crippen LogP contribution is 2.41. The molecular formula is C14H21N3O2. The molecule has 1 amide bonds. The highest BCUT2D eigenvalue weighted by Gasteiger charge is 2.38. The Morgan fingerprint density at radius 2 is 2.11 bits per heavy atom. The summed E-state index contributed by atoms with van der Waals surface area (Å²) in [6.07, 6.45) is 3.68. The first-order valence-electron chi connectivity index (χ1n) is 7.04. The van der Waals surface area contributed by atoms with E-state index in [-0.39, 0.29) is 12.2 Å². The summed E-state index contributed by atoms with van der Waals surface area (Å²) in [4.78, 5) is 20.3. The molecule has 0 saturated carbocycles. The van der Waals surface area contributed by atoms with Gasteiger partial charge in [0.15, 0.2) is 0 Å². The van der Waals surface area contributed by atoms with E-state index in [1.54, 1.807) is 0 Å². The Balaban J connectivity index is 0.000000637. The van der Waals surface area contributed by atoms with Crippen LogP contribution in [0.1, 0.15) is 67.3 Å². The monoisotopic (exact) mass is 263 g/mol. The zero-order valence-corrected chi connectivity index (χ0v) is 11.8. The van der Waals surface area contributed by atoms with E-state index in [4.69, 9.17) is 10.5 Å². The van der Waals surface area contributed by atoms with Crippen LogP contribution in [0.15, 0.2) is 0 Å². The van der Waals surface area contributed by atoms with E-state index in [0.717, 1.165) is 30.5 Å². The number of primary amides is 1. The van der Waals surface area contributed by atoms with Crippen LogP contribution in [0.25, 0.3) is 0 Å². The Morgan fingerprint density at radius 3 is 2.74 bits per heavy atom. The molecule has 2 aliphatic heterocycles. The Labute approximate surface area is 113 Å². The average molecular weight is 263 g/mol. The second-order valence-corrected chi connectivity index (χ2v) is 4.59. The molecule has 1 aromatic heterocycles. The van der Waals surface area contributed by atoms with Crippen molar-refractivity contribution >= 4 is 5.91 Å². The molecule has 1 aromatic rings. The van der Waals surface area contributed by atoms with Crippen LogP contribution >= 0.6 is 0 Å². The van der Waals surface area contributed by atoms with Crippen molar-refractivity contribution in [3.63, 3.8) is 0 Å². The van der Waals surface area contributed by atoms with E-state index in [1.165, 1.54) is 0 Å². The molecule has 1 fully saturated rings. The largest absolute Gasteiger partial charge is 0.370 e. The van der Waals surface area contributed by atoms with E-state index in [2.05, 4.69) is 9.97 Å². The van der Waals surface area contributed by atoms with Crippen molar-refractivity contribution in [3.8, 4) is 0 Å². The van der Waals surface area contributed by atoms with Crippen LogP contribution < -0.4 is 5.73 Å². The van der Waals surface area contributed by atoms with Crippen molar-refractivity contribution < 1.29 is 9.53 Å². The third-order valence-corrected chi connectivity index (χ3v) is 3.47. The molecule has 5 nitrogen and oxygen atoms in total. The lowest BCUT2D eigenvalue weighted by atomic mass is 10.0. The highest BCUT2D eigenvalue weighted by atomic mass is 16.5. The molecule has 1 saturated heterocycles. The maximum atomic E-state index is 11.5. The Morgan fingerprint density at radius 1 is 1.37 bits per heavy atom. The number of aryl methyl sites for hydroxylation is 1. The summed E-state index contributed by atoms with van der Waals surface area (Å²) in [5.41, 5.74) is 7.56. The van der Waals surface area contributed by atoms with Crippen molar-refractivity contribution in [2.24, 2.45) is 5.73 Å². The molecular weight excluding hydrogens is 242 g/mol. The topological polar surface area (TPSA) is 78.1 Å². The van der Waals surface area contributed by atoms with E-state index in [9.17, 15) is 4.79 Å². The molecule has 0 radical (unpaired) electrons. The molecule has 3 rings (SSSR count).